The van der Waals surface area contributed by atoms with Gasteiger partial charge in [0.15, 0.2) is 11.5 Å². The molecule has 3 heterocycles. The molecule has 9 heteroatoms. The summed E-state index contributed by atoms with van der Waals surface area (Å²) in [7, 11) is 1.98. The zero-order valence-electron chi connectivity index (χ0n) is 18.7. The van der Waals surface area contributed by atoms with Crippen molar-refractivity contribution in [3.05, 3.63) is 59.2 Å². The molecule has 5 rings (SSSR count). The van der Waals surface area contributed by atoms with E-state index < -0.39 is 17.4 Å². The van der Waals surface area contributed by atoms with Crippen molar-refractivity contribution in [2.24, 2.45) is 17.6 Å². The quantitative estimate of drug-likeness (QED) is 0.289. The van der Waals surface area contributed by atoms with Gasteiger partial charge in [-0.05, 0) is 56.3 Å². The minimum Gasteiger partial charge on any atom is -1.00 e. The number of carbonyl (C=O) groups excluding carboxylic acids is 2. The van der Waals surface area contributed by atoms with Gasteiger partial charge in [0, 0.05) is 11.6 Å². The predicted molar refractivity (Wildman–Crippen MR) is 116 cm³/mol. The van der Waals surface area contributed by atoms with Crippen molar-refractivity contribution >= 4 is 17.6 Å². The zero-order valence-corrected chi connectivity index (χ0v) is 19.5. The van der Waals surface area contributed by atoms with E-state index in [0.717, 1.165) is 16.7 Å². The van der Waals surface area contributed by atoms with Crippen molar-refractivity contribution in [3.63, 3.8) is 0 Å². The lowest BCUT2D eigenvalue weighted by atomic mass is 9.81. The third-order valence-electron chi connectivity index (χ3n) is 7.23. The summed E-state index contributed by atoms with van der Waals surface area (Å²) >= 11 is 0. The van der Waals surface area contributed by atoms with Crippen LogP contribution in [0.5, 0.6) is 11.5 Å². The number of benzene rings is 2. The Balaban J connectivity index is 0.00000259. The Labute approximate surface area is 198 Å². The molecule has 174 valence electrons. The van der Waals surface area contributed by atoms with E-state index in [4.69, 9.17) is 20.6 Å². The molecule has 0 aromatic heterocycles. The number of amidine groups is 1. The average Bonchev–Trinajstić information content (AvgIpc) is 3.38. The lowest BCUT2D eigenvalue weighted by Crippen LogP contribution is -3.00. The van der Waals surface area contributed by atoms with Gasteiger partial charge in [0.05, 0.1) is 23.9 Å². The van der Waals surface area contributed by atoms with Gasteiger partial charge < -0.3 is 21.9 Å². The Hall–Kier alpha value is -3.10. The highest BCUT2D eigenvalue weighted by molar-refractivity contribution is 6.06. The third-order valence-corrected chi connectivity index (χ3v) is 7.23. The average molecular weight is 471 g/mol. The fraction of sp³-hybridized carbons (Fsp3) is 0.375. The van der Waals surface area contributed by atoms with E-state index in [2.05, 4.69) is 4.90 Å². The molecule has 8 nitrogen and oxygen atoms in total. The molecule has 33 heavy (non-hydrogen) atoms. The van der Waals surface area contributed by atoms with Crippen molar-refractivity contribution in [1.82, 2.24) is 9.80 Å². The van der Waals surface area contributed by atoms with Crippen molar-refractivity contribution in [3.8, 4) is 11.5 Å². The van der Waals surface area contributed by atoms with Crippen LogP contribution in [0.25, 0.3) is 0 Å². The summed E-state index contributed by atoms with van der Waals surface area (Å²) in [4.78, 5) is 30.6. The van der Waals surface area contributed by atoms with Crippen LogP contribution in [0.15, 0.2) is 42.5 Å². The monoisotopic (exact) mass is 470 g/mol. The molecule has 0 radical (unpaired) electrons. The largest absolute Gasteiger partial charge is 1.00 e. The standard InChI is InChI=1S/C24H26N4O4.ClH/c1-24(2)19-18(20(27(24)3)14-5-7-15(8-6-14)21(25)26)22(29)28(23(19)30)11-13-4-9-16-17(10-13)32-12-31-16;/h4-10,18-20H,11-12H2,1-3H3,(H3,25,26);1H/t18-,19-,20-;/m0./s1. The molecule has 2 saturated heterocycles. The number of rotatable bonds is 4. The molecule has 3 aliphatic rings. The van der Waals surface area contributed by atoms with E-state index in [1.54, 1.807) is 0 Å². The number of hydrogen-bond acceptors (Lipinski definition) is 5. The topological polar surface area (TPSA) is 111 Å². The summed E-state index contributed by atoms with van der Waals surface area (Å²) in [5, 5.41) is 5.70. The molecule has 2 aromatic rings. The molecule has 0 spiro atoms. The van der Waals surface area contributed by atoms with Gasteiger partial charge in [-0.15, -0.1) is 0 Å². The second-order valence-corrected chi connectivity index (χ2v) is 9.24. The van der Waals surface area contributed by atoms with Crippen molar-refractivity contribution in [2.75, 3.05) is 13.8 Å². The molecule has 2 aromatic carbocycles. The van der Waals surface area contributed by atoms with Gasteiger partial charge in [-0.2, -0.15) is 0 Å². The normalized spacial score (nSPS) is 25.2. The minimum atomic E-state index is -0.483. The molecule has 2 fully saturated rings. The second kappa shape index (κ2) is 8.04. The van der Waals surface area contributed by atoms with Crippen LogP contribution in [0, 0.1) is 11.8 Å². The predicted octanol–water partition coefficient (Wildman–Crippen LogP) is -2.55. The smallest absolute Gasteiger partial charge is 0.270 e. The number of amides is 2. The van der Waals surface area contributed by atoms with Gasteiger partial charge in [0.25, 0.3) is 5.84 Å². The van der Waals surface area contributed by atoms with Crippen molar-refractivity contribution in [2.45, 2.75) is 32.0 Å². The summed E-state index contributed by atoms with van der Waals surface area (Å²) in [6, 6.07) is 12.9. The first-order chi connectivity index (χ1) is 15.2. The van der Waals surface area contributed by atoms with Gasteiger partial charge in [-0.1, -0.05) is 18.2 Å². The Morgan fingerprint density at radius 1 is 1.09 bits per heavy atom. The Morgan fingerprint density at radius 2 is 1.76 bits per heavy atom. The zero-order chi connectivity index (χ0) is 22.8. The van der Waals surface area contributed by atoms with E-state index in [-0.39, 0.29) is 49.4 Å². The number of hydrogen-bond donors (Lipinski definition) is 2. The second-order valence-electron chi connectivity index (χ2n) is 9.24. The first-order valence-corrected chi connectivity index (χ1v) is 10.6. The molecule has 3 atom stereocenters. The van der Waals surface area contributed by atoms with Crippen LogP contribution in [0.4, 0.5) is 0 Å². The Bertz CT molecular complexity index is 1130. The SMILES string of the molecule is CN1[C@@H](c2ccc(C(N)=[NH2+])cc2)[C@H]2C(=O)N(Cc3ccc4c(c3)OCO4)C(=O)[C@H]2C1(C)C.[Cl-]. The number of imide groups is 1. The van der Waals surface area contributed by atoms with Crippen molar-refractivity contribution in [1.29, 1.82) is 0 Å². The molecule has 0 saturated carbocycles. The number of nitrogens with two attached hydrogens (primary N) is 2. The number of ether oxygens (including phenoxy) is 2. The van der Waals surface area contributed by atoms with Gasteiger partial charge in [-0.25, -0.2) is 0 Å². The minimum absolute atomic E-state index is 0. The van der Waals surface area contributed by atoms with E-state index >= 15 is 0 Å². The molecule has 2 amide bonds. The number of nitrogens with zero attached hydrogens (tertiary/aromatic N) is 2. The van der Waals surface area contributed by atoms with Crippen LogP contribution < -0.4 is 33.0 Å². The van der Waals surface area contributed by atoms with E-state index in [1.165, 1.54) is 4.90 Å². The van der Waals surface area contributed by atoms with Crippen LogP contribution >= 0.6 is 0 Å². The maximum Gasteiger partial charge on any atom is 0.270 e. The van der Waals surface area contributed by atoms with Crippen LogP contribution in [0.3, 0.4) is 0 Å². The lowest BCUT2D eigenvalue weighted by Gasteiger charge is -2.36. The third kappa shape index (κ3) is 3.45. The molecular weight excluding hydrogens is 444 g/mol. The van der Waals surface area contributed by atoms with E-state index in [1.807, 2.05) is 63.4 Å². The lowest BCUT2D eigenvalue weighted by molar-refractivity contribution is -0.143. The molecular formula is C24H27ClN4O4. The highest BCUT2D eigenvalue weighted by Gasteiger charge is 2.64. The Kier molecular flexibility index (Phi) is 5.62. The highest BCUT2D eigenvalue weighted by Crippen LogP contribution is 2.54. The van der Waals surface area contributed by atoms with E-state index in [0.29, 0.717) is 11.5 Å². The maximum absolute atomic E-state index is 13.6. The summed E-state index contributed by atoms with van der Waals surface area (Å²) < 4.78 is 10.8. The molecule has 4 N–H and O–H groups in total. The number of carbonyl (C=O) groups is 2. The summed E-state index contributed by atoms with van der Waals surface area (Å²) in [6.45, 7) is 4.45. The first-order valence-electron chi connectivity index (χ1n) is 10.6. The number of halogens is 1. The van der Waals surface area contributed by atoms with Crippen LogP contribution in [0.1, 0.15) is 36.6 Å². The van der Waals surface area contributed by atoms with Gasteiger partial charge in [0.2, 0.25) is 18.6 Å². The van der Waals surface area contributed by atoms with Crippen molar-refractivity contribution < 1.29 is 36.9 Å². The molecule has 0 aliphatic carbocycles. The number of likely N-dealkylation sites (tertiary alicyclic amines) is 2. The van der Waals surface area contributed by atoms with Crippen LogP contribution in [-0.2, 0) is 16.1 Å². The Morgan fingerprint density at radius 3 is 2.42 bits per heavy atom. The van der Waals surface area contributed by atoms with Gasteiger partial charge in [-0.3, -0.25) is 30.5 Å². The van der Waals surface area contributed by atoms with Crippen LogP contribution in [-0.4, -0.2) is 46.8 Å². The summed E-state index contributed by atoms with van der Waals surface area (Å²) in [5.41, 5.74) is 7.75. The summed E-state index contributed by atoms with van der Waals surface area (Å²) in [6.07, 6.45) is 0. The maximum atomic E-state index is 13.6. The van der Waals surface area contributed by atoms with Crippen LogP contribution in [0.2, 0.25) is 0 Å². The summed E-state index contributed by atoms with van der Waals surface area (Å²) in [5.74, 6) is 0.396. The fourth-order valence-corrected chi connectivity index (χ4v) is 5.31. The molecule has 0 bridgehead atoms. The molecule has 0 unspecified atom stereocenters. The highest BCUT2D eigenvalue weighted by atomic mass is 35.5. The van der Waals surface area contributed by atoms with Gasteiger partial charge in [0.1, 0.15) is 0 Å². The first kappa shape index (κ1) is 23.1. The van der Waals surface area contributed by atoms with Gasteiger partial charge >= 0.3 is 0 Å². The van der Waals surface area contributed by atoms with E-state index in [9.17, 15) is 9.59 Å². The fourth-order valence-electron chi connectivity index (χ4n) is 5.31. The number of fused-ring (bicyclic) bond motifs is 2. The molecule has 3 aliphatic heterocycles.